The van der Waals surface area contributed by atoms with Gasteiger partial charge in [0.05, 0.1) is 6.04 Å². The van der Waals surface area contributed by atoms with Crippen molar-refractivity contribution >= 4 is 6.01 Å². The molecule has 0 saturated carbocycles. The molecule has 92 valence electrons. The van der Waals surface area contributed by atoms with Crippen LogP contribution in [0.15, 0.2) is 4.42 Å². The highest BCUT2D eigenvalue weighted by Crippen LogP contribution is 2.15. The highest BCUT2D eigenvalue weighted by molar-refractivity contribution is 5.19. The molecular weight excluding hydrogens is 204 g/mol. The molecule has 2 unspecified atom stereocenters. The van der Waals surface area contributed by atoms with E-state index >= 15 is 0 Å². The number of nitrogens with zero attached hydrogens (tertiary/aromatic N) is 2. The lowest BCUT2D eigenvalue weighted by Gasteiger charge is -2.13. The summed E-state index contributed by atoms with van der Waals surface area (Å²) in [7, 11) is 1.87. The number of hydrogen-bond acceptors (Lipinski definition) is 5. The number of rotatable bonds is 7. The van der Waals surface area contributed by atoms with Crippen LogP contribution in [0.1, 0.15) is 52.0 Å². The number of anilines is 1. The number of aromatic nitrogens is 2. The van der Waals surface area contributed by atoms with E-state index in [2.05, 4.69) is 34.7 Å². The predicted molar refractivity (Wildman–Crippen MR) is 64.4 cm³/mol. The third-order valence-electron chi connectivity index (χ3n) is 2.70. The Kier molecular flexibility index (Phi) is 5.25. The molecule has 16 heavy (non-hydrogen) atoms. The molecule has 0 radical (unpaired) electrons. The second kappa shape index (κ2) is 6.48. The predicted octanol–water partition coefficient (Wildman–Crippen LogP) is 2.34. The molecule has 1 rings (SSSR count). The van der Waals surface area contributed by atoms with Gasteiger partial charge >= 0.3 is 6.01 Å². The van der Waals surface area contributed by atoms with E-state index in [4.69, 9.17) is 4.42 Å². The fourth-order valence-corrected chi connectivity index (χ4v) is 1.49. The zero-order chi connectivity index (χ0) is 12.0. The van der Waals surface area contributed by atoms with Gasteiger partial charge in [0.15, 0.2) is 0 Å². The Labute approximate surface area is 97.0 Å². The topological polar surface area (TPSA) is 63.0 Å². The van der Waals surface area contributed by atoms with Crippen molar-refractivity contribution in [2.75, 3.05) is 12.4 Å². The quantitative estimate of drug-likeness (QED) is 0.747. The molecule has 0 aliphatic carbocycles. The standard InChI is InChI=1S/C11H22N4O/c1-5-7-9(6-2)13-11-15-14-10(16-11)8(3)12-4/h8-9,12H,5-7H2,1-4H3,(H,13,15). The Bertz CT molecular complexity index is 300. The summed E-state index contributed by atoms with van der Waals surface area (Å²) in [5, 5.41) is 14.3. The highest BCUT2D eigenvalue weighted by Gasteiger charge is 2.13. The summed E-state index contributed by atoms with van der Waals surface area (Å²) in [4.78, 5) is 0. The van der Waals surface area contributed by atoms with Gasteiger partial charge in [-0.15, -0.1) is 5.10 Å². The van der Waals surface area contributed by atoms with Crippen molar-refractivity contribution in [3.8, 4) is 0 Å². The molecule has 2 atom stereocenters. The van der Waals surface area contributed by atoms with Gasteiger partial charge in [0, 0.05) is 6.04 Å². The molecule has 0 fully saturated rings. The fraction of sp³-hybridized carbons (Fsp3) is 0.818. The maximum absolute atomic E-state index is 5.52. The van der Waals surface area contributed by atoms with E-state index in [-0.39, 0.29) is 6.04 Å². The normalized spacial score (nSPS) is 14.8. The summed E-state index contributed by atoms with van der Waals surface area (Å²) in [5.41, 5.74) is 0. The molecule has 0 aliphatic rings. The molecule has 5 nitrogen and oxygen atoms in total. The molecule has 1 aromatic heterocycles. The van der Waals surface area contributed by atoms with Crippen LogP contribution in [-0.4, -0.2) is 23.3 Å². The van der Waals surface area contributed by atoms with Crippen LogP contribution in [0.25, 0.3) is 0 Å². The summed E-state index contributed by atoms with van der Waals surface area (Å²) in [6.07, 6.45) is 3.34. The van der Waals surface area contributed by atoms with Crippen molar-refractivity contribution in [3.63, 3.8) is 0 Å². The first kappa shape index (κ1) is 13.0. The molecule has 0 spiro atoms. The first-order chi connectivity index (χ1) is 7.71. The first-order valence-electron chi connectivity index (χ1n) is 5.98. The number of hydrogen-bond donors (Lipinski definition) is 2. The monoisotopic (exact) mass is 226 g/mol. The van der Waals surface area contributed by atoms with Crippen LogP contribution >= 0.6 is 0 Å². The second-order valence-electron chi connectivity index (χ2n) is 3.99. The lowest BCUT2D eigenvalue weighted by atomic mass is 10.1. The van der Waals surface area contributed by atoms with Crippen LogP contribution in [0.5, 0.6) is 0 Å². The lowest BCUT2D eigenvalue weighted by molar-refractivity contribution is 0.436. The summed E-state index contributed by atoms with van der Waals surface area (Å²) in [6, 6.07) is 1.04. The molecular formula is C11H22N4O. The van der Waals surface area contributed by atoms with E-state index in [9.17, 15) is 0 Å². The molecule has 0 bridgehead atoms. The van der Waals surface area contributed by atoms with Gasteiger partial charge in [-0.05, 0) is 26.8 Å². The van der Waals surface area contributed by atoms with Crippen LogP contribution in [0.2, 0.25) is 0 Å². The van der Waals surface area contributed by atoms with Gasteiger partial charge in [-0.3, -0.25) is 0 Å². The molecule has 0 aromatic carbocycles. The Morgan fingerprint density at radius 2 is 2.06 bits per heavy atom. The summed E-state index contributed by atoms with van der Waals surface area (Å²) in [5.74, 6) is 0.622. The minimum atomic E-state index is 0.0919. The molecule has 5 heteroatoms. The zero-order valence-corrected chi connectivity index (χ0v) is 10.6. The minimum absolute atomic E-state index is 0.0919. The maximum atomic E-state index is 5.52. The van der Waals surface area contributed by atoms with Crippen molar-refractivity contribution in [1.29, 1.82) is 0 Å². The summed E-state index contributed by atoms with van der Waals surface area (Å²) in [6.45, 7) is 6.31. The van der Waals surface area contributed by atoms with E-state index in [1.807, 2.05) is 14.0 Å². The van der Waals surface area contributed by atoms with Crippen molar-refractivity contribution in [2.45, 2.75) is 52.1 Å². The van der Waals surface area contributed by atoms with Crippen molar-refractivity contribution in [3.05, 3.63) is 5.89 Å². The third kappa shape index (κ3) is 3.48. The van der Waals surface area contributed by atoms with Crippen LogP contribution in [0.4, 0.5) is 6.01 Å². The minimum Gasteiger partial charge on any atom is -0.406 e. The SMILES string of the molecule is CCCC(CC)Nc1nnc(C(C)NC)o1. The van der Waals surface area contributed by atoms with Crippen molar-refractivity contribution < 1.29 is 4.42 Å². The maximum Gasteiger partial charge on any atom is 0.315 e. The molecule has 2 N–H and O–H groups in total. The van der Waals surface area contributed by atoms with Crippen LogP contribution < -0.4 is 10.6 Å². The van der Waals surface area contributed by atoms with E-state index < -0.39 is 0 Å². The average Bonchev–Trinajstić information content (AvgIpc) is 2.76. The fourth-order valence-electron chi connectivity index (χ4n) is 1.49. The van der Waals surface area contributed by atoms with E-state index in [1.165, 1.54) is 0 Å². The molecule has 0 amide bonds. The number of nitrogens with one attached hydrogen (secondary N) is 2. The third-order valence-corrected chi connectivity index (χ3v) is 2.70. The lowest BCUT2D eigenvalue weighted by Crippen LogP contribution is -2.18. The van der Waals surface area contributed by atoms with Gasteiger partial charge < -0.3 is 15.1 Å². The largest absolute Gasteiger partial charge is 0.406 e. The van der Waals surface area contributed by atoms with Gasteiger partial charge in [-0.1, -0.05) is 25.4 Å². The molecule has 0 aliphatic heterocycles. The van der Waals surface area contributed by atoms with Gasteiger partial charge in [-0.25, -0.2) is 0 Å². The first-order valence-corrected chi connectivity index (χ1v) is 5.98. The smallest absolute Gasteiger partial charge is 0.315 e. The van der Waals surface area contributed by atoms with E-state index in [1.54, 1.807) is 0 Å². The Balaban J connectivity index is 2.56. The van der Waals surface area contributed by atoms with Gasteiger partial charge in [0.1, 0.15) is 0 Å². The van der Waals surface area contributed by atoms with E-state index in [0.717, 1.165) is 19.3 Å². The Morgan fingerprint density at radius 3 is 2.62 bits per heavy atom. The second-order valence-corrected chi connectivity index (χ2v) is 3.99. The molecule has 1 aromatic rings. The Morgan fingerprint density at radius 1 is 1.31 bits per heavy atom. The molecule has 0 saturated heterocycles. The van der Waals surface area contributed by atoms with Crippen molar-refractivity contribution in [1.82, 2.24) is 15.5 Å². The van der Waals surface area contributed by atoms with Crippen LogP contribution in [0.3, 0.4) is 0 Å². The average molecular weight is 226 g/mol. The van der Waals surface area contributed by atoms with Gasteiger partial charge in [0.2, 0.25) is 5.89 Å². The van der Waals surface area contributed by atoms with Crippen molar-refractivity contribution in [2.24, 2.45) is 0 Å². The zero-order valence-electron chi connectivity index (χ0n) is 10.6. The summed E-state index contributed by atoms with van der Waals surface area (Å²) < 4.78 is 5.52. The van der Waals surface area contributed by atoms with Gasteiger partial charge in [-0.2, -0.15) is 0 Å². The Hall–Kier alpha value is -1.10. The van der Waals surface area contributed by atoms with Crippen LogP contribution in [0, 0.1) is 0 Å². The summed E-state index contributed by atoms with van der Waals surface area (Å²) >= 11 is 0. The highest BCUT2D eigenvalue weighted by atomic mass is 16.4. The van der Waals surface area contributed by atoms with Gasteiger partial charge in [0.25, 0.3) is 0 Å². The van der Waals surface area contributed by atoms with E-state index in [0.29, 0.717) is 17.9 Å². The molecule has 1 heterocycles. The van der Waals surface area contributed by atoms with Crippen LogP contribution in [-0.2, 0) is 0 Å².